The van der Waals surface area contributed by atoms with E-state index in [1.165, 1.54) is 25.6 Å². The first-order valence-electron chi connectivity index (χ1n) is 10.3. The fourth-order valence-corrected chi connectivity index (χ4v) is 3.99. The molecule has 0 amide bonds. The van der Waals surface area contributed by atoms with Crippen LogP contribution in [0.15, 0.2) is 0 Å². The average Bonchev–Trinajstić information content (AvgIpc) is 2.71. The lowest BCUT2D eigenvalue weighted by Gasteiger charge is -2.44. The lowest BCUT2D eigenvalue weighted by Crippen LogP contribution is -2.61. The van der Waals surface area contributed by atoms with Gasteiger partial charge in [0, 0.05) is 33.4 Å². The number of ether oxygens (including phenoxy) is 7. The number of thioether (sulfide) groups is 1. The summed E-state index contributed by atoms with van der Waals surface area (Å²) in [6.07, 6.45) is -4.57. The molecular weight excluding hydrogens is 480 g/mol. The fraction of sp³-hybridized carbons (Fsp3) is 0.750. The number of rotatable bonds is 14. The van der Waals surface area contributed by atoms with Crippen molar-refractivity contribution < 1.29 is 62.2 Å². The molecule has 1 fully saturated rings. The first-order chi connectivity index (χ1) is 16.0. The Balaban J connectivity index is 2.92. The molecule has 1 N–H and O–H groups in total. The molecule has 0 saturated carbocycles. The van der Waals surface area contributed by atoms with Crippen molar-refractivity contribution in [2.45, 2.75) is 57.5 Å². The van der Waals surface area contributed by atoms with Gasteiger partial charge in [0.25, 0.3) is 0 Å². The number of esters is 4. The highest BCUT2D eigenvalue weighted by Crippen LogP contribution is 2.34. The maximum absolute atomic E-state index is 11.8. The topological polar surface area (TPSA) is 170 Å². The molecule has 0 aromatic heterocycles. The van der Waals surface area contributed by atoms with Crippen LogP contribution in [0.2, 0.25) is 0 Å². The standard InChI is InChI=1S/C20H30O13S/c1-11(21)29-9-15-17(30-12(2)22)18(31-13(3)23)19(32-14(4)24)20(33-15)34-8-7-27-5-6-28-10-16(25)26/h15,17-20H,5-10H2,1-4H3,(H,25,26)/t15-,17-,18+,19+,20-/m1/s1. The minimum Gasteiger partial charge on any atom is -0.480 e. The minimum atomic E-state index is -1.22. The highest BCUT2D eigenvalue weighted by Gasteiger charge is 2.52. The van der Waals surface area contributed by atoms with Crippen molar-refractivity contribution in [2.75, 3.05) is 38.8 Å². The predicted molar refractivity (Wildman–Crippen MR) is 114 cm³/mol. The van der Waals surface area contributed by atoms with E-state index >= 15 is 0 Å². The average molecular weight is 511 g/mol. The van der Waals surface area contributed by atoms with E-state index in [2.05, 4.69) is 0 Å². The Labute approximate surface area is 200 Å². The summed E-state index contributed by atoms with van der Waals surface area (Å²) >= 11 is 1.17. The SMILES string of the molecule is CC(=O)OC[C@H]1O[C@H](SCCOCCOCC(=O)O)[C@@H](OC(C)=O)[C@@H](OC(C)=O)[C@@H]1OC(C)=O. The Morgan fingerprint density at radius 1 is 0.765 bits per heavy atom. The van der Waals surface area contributed by atoms with Crippen molar-refractivity contribution in [1.29, 1.82) is 0 Å². The summed E-state index contributed by atoms with van der Waals surface area (Å²) in [5, 5.41) is 8.51. The highest BCUT2D eigenvalue weighted by molar-refractivity contribution is 7.99. The van der Waals surface area contributed by atoms with Crippen molar-refractivity contribution >= 4 is 41.6 Å². The molecule has 34 heavy (non-hydrogen) atoms. The Bertz CT molecular complexity index is 713. The van der Waals surface area contributed by atoms with Crippen molar-refractivity contribution in [3.63, 3.8) is 0 Å². The van der Waals surface area contributed by atoms with Crippen LogP contribution in [0.3, 0.4) is 0 Å². The third-order valence-electron chi connectivity index (χ3n) is 4.06. The smallest absolute Gasteiger partial charge is 0.329 e. The minimum absolute atomic E-state index is 0.0933. The van der Waals surface area contributed by atoms with Crippen LogP contribution in [0.5, 0.6) is 0 Å². The predicted octanol–water partition coefficient (Wildman–Crippen LogP) is -0.0795. The molecule has 1 heterocycles. The first kappa shape index (κ1) is 29.6. The van der Waals surface area contributed by atoms with Gasteiger partial charge in [0.05, 0.1) is 19.8 Å². The molecule has 194 valence electrons. The number of aliphatic carboxylic acids is 1. The second-order valence-corrected chi connectivity index (χ2v) is 8.20. The number of carbonyl (C=O) groups excluding carboxylic acids is 4. The summed E-state index contributed by atoms with van der Waals surface area (Å²) in [6, 6.07) is 0. The molecule has 0 aliphatic carbocycles. The van der Waals surface area contributed by atoms with Crippen LogP contribution in [0, 0.1) is 0 Å². The Kier molecular flexibility index (Phi) is 13.5. The van der Waals surface area contributed by atoms with Crippen LogP contribution in [0.1, 0.15) is 27.7 Å². The fourth-order valence-electron chi connectivity index (χ4n) is 2.93. The van der Waals surface area contributed by atoms with Gasteiger partial charge < -0.3 is 38.3 Å². The van der Waals surface area contributed by atoms with Gasteiger partial charge in [0.1, 0.15) is 24.8 Å². The van der Waals surface area contributed by atoms with E-state index in [9.17, 15) is 24.0 Å². The lowest BCUT2D eigenvalue weighted by atomic mass is 9.99. The van der Waals surface area contributed by atoms with E-state index < -0.39 is 66.3 Å². The van der Waals surface area contributed by atoms with Gasteiger partial charge in [-0.15, -0.1) is 11.8 Å². The van der Waals surface area contributed by atoms with Crippen LogP contribution < -0.4 is 0 Å². The Morgan fingerprint density at radius 2 is 1.32 bits per heavy atom. The van der Waals surface area contributed by atoms with Crippen molar-refractivity contribution in [2.24, 2.45) is 0 Å². The molecule has 1 aliphatic rings. The molecule has 1 saturated heterocycles. The largest absolute Gasteiger partial charge is 0.480 e. The van der Waals surface area contributed by atoms with Crippen LogP contribution in [-0.2, 0) is 57.1 Å². The number of carboxylic acid groups (broad SMARTS) is 1. The van der Waals surface area contributed by atoms with Gasteiger partial charge in [-0.05, 0) is 0 Å². The maximum atomic E-state index is 11.8. The molecule has 14 heteroatoms. The molecule has 13 nitrogen and oxygen atoms in total. The summed E-state index contributed by atoms with van der Waals surface area (Å²) in [5.74, 6) is -3.43. The zero-order valence-electron chi connectivity index (χ0n) is 19.4. The van der Waals surface area contributed by atoms with Gasteiger partial charge in [-0.3, -0.25) is 19.2 Å². The van der Waals surface area contributed by atoms with Gasteiger partial charge in [0.15, 0.2) is 18.3 Å². The van der Waals surface area contributed by atoms with Gasteiger partial charge in [-0.25, -0.2) is 4.79 Å². The van der Waals surface area contributed by atoms with E-state index in [0.29, 0.717) is 5.75 Å². The zero-order chi connectivity index (χ0) is 25.7. The van der Waals surface area contributed by atoms with E-state index in [-0.39, 0.29) is 26.4 Å². The molecule has 0 bridgehead atoms. The molecule has 0 spiro atoms. The Hall–Kier alpha value is -2.42. The molecular formula is C20H30O13S. The quantitative estimate of drug-likeness (QED) is 0.187. The van der Waals surface area contributed by atoms with Crippen LogP contribution in [0.25, 0.3) is 0 Å². The van der Waals surface area contributed by atoms with Crippen molar-refractivity contribution in [1.82, 2.24) is 0 Å². The summed E-state index contributed by atoms with van der Waals surface area (Å²) in [4.78, 5) is 56.9. The molecule has 1 rings (SSSR count). The monoisotopic (exact) mass is 510 g/mol. The van der Waals surface area contributed by atoms with Crippen LogP contribution in [0.4, 0.5) is 0 Å². The molecule has 0 radical (unpaired) electrons. The Morgan fingerprint density at radius 3 is 1.88 bits per heavy atom. The summed E-state index contributed by atoms with van der Waals surface area (Å²) in [5.41, 5.74) is -0.882. The highest BCUT2D eigenvalue weighted by atomic mass is 32.2. The van der Waals surface area contributed by atoms with Gasteiger partial charge in [-0.2, -0.15) is 0 Å². The first-order valence-corrected chi connectivity index (χ1v) is 11.4. The number of carboxylic acids is 1. The van der Waals surface area contributed by atoms with E-state index in [1.54, 1.807) is 0 Å². The maximum Gasteiger partial charge on any atom is 0.329 e. The second kappa shape index (κ2) is 15.5. The van der Waals surface area contributed by atoms with Crippen LogP contribution >= 0.6 is 11.8 Å². The van der Waals surface area contributed by atoms with Crippen LogP contribution in [-0.4, -0.2) is 104 Å². The van der Waals surface area contributed by atoms with Gasteiger partial charge >= 0.3 is 29.8 Å². The van der Waals surface area contributed by atoms with Crippen molar-refractivity contribution in [3.05, 3.63) is 0 Å². The number of hydrogen-bond acceptors (Lipinski definition) is 13. The number of hydrogen-bond donors (Lipinski definition) is 1. The van der Waals surface area contributed by atoms with Gasteiger partial charge in [-0.1, -0.05) is 0 Å². The molecule has 1 aliphatic heterocycles. The van der Waals surface area contributed by atoms with Gasteiger partial charge in [0.2, 0.25) is 0 Å². The van der Waals surface area contributed by atoms with E-state index in [0.717, 1.165) is 13.8 Å². The second-order valence-electron chi connectivity index (χ2n) is 7.00. The summed E-state index contributed by atoms with van der Waals surface area (Å²) in [7, 11) is 0. The third kappa shape index (κ3) is 11.6. The molecule has 0 unspecified atom stereocenters. The molecule has 5 atom stereocenters. The van der Waals surface area contributed by atoms with Crippen molar-refractivity contribution in [3.8, 4) is 0 Å². The number of carbonyl (C=O) groups is 5. The normalized spacial score (nSPS) is 24.1. The lowest BCUT2D eigenvalue weighted by molar-refractivity contribution is -0.237. The zero-order valence-corrected chi connectivity index (χ0v) is 20.2. The van der Waals surface area contributed by atoms with E-state index in [4.69, 9.17) is 38.3 Å². The summed E-state index contributed by atoms with van der Waals surface area (Å²) in [6.45, 7) is 4.39. The summed E-state index contributed by atoms with van der Waals surface area (Å²) < 4.78 is 37.2. The molecule has 0 aromatic rings. The molecule has 0 aromatic carbocycles. The van der Waals surface area contributed by atoms with E-state index in [1.807, 2.05) is 0 Å². The third-order valence-corrected chi connectivity index (χ3v) is 5.17.